The lowest BCUT2D eigenvalue weighted by atomic mass is 10.0. The van der Waals surface area contributed by atoms with Crippen molar-refractivity contribution in [3.8, 4) is 0 Å². The molecule has 21 heavy (non-hydrogen) atoms. The number of nitrogens with zero attached hydrogens (tertiary/aromatic N) is 3. The molecule has 1 saturated heterocycles. The van der Waals surface area contributed by atoms with Gasteiger partial charge in [0.05, 0.1) is 0 Å². The average Bonchev–Trinajstić information content (AvgIpc) is 3.30. The van der Waals surface area contributed by atoms with Crippen molar-refractivity contribution in [1.82, 2.24) is 15.2 Å². The van der Waals surface area contributed by atoms with E-state index in [1.165, 1.54) is 19.3 Å². The molecule has 3 rings (SSSR count). The van der Waals surface area contributed by atoms with Crippen molar-refractivity contribution in [2.24, 2.45) is 0 Å². The highest BCUT2D eigenvalue weighted by Crippen LogP contribution is 2.25. The first kappa shape index (κ1) is 14.7. The Morgan fingerprint density at radius 3 is 2.90 bits per heavy atom. The Morgan fingerprint density at radius 1 is 1.38 bits per heavy atom. The molecule has 5 heteroatoms. The lowest BCUT2D eigenvalue weighted by molar-refractivity contribution is 0.256. The van der Waals surface area contributed by atoms with Gasteiger partial charge in [-0.2, -0.15) is 0 Å². The topological polar surface area (TPSA) is 31.4 Å². The highest BCUT2D eigenvalue weighted by molar-refractivity contribution is 5.43. The summed E-state index contributed by atoms with van der Waals surface area (Å²) < 4.78 is 14.7. The van der Waals surface area contributed by atoms with Gasteiger partial charge in [-0.15, -0.1) is 0 Å². The van der Waals surface area contributed by atoms with E-state index in [0.717, 1.165) is 25.1 Å². The van der Waals surface area contributed by atoms with Crippen LogP contribution in [0.3, 0.4) is 0 Å². The molecule has 2 fully saturated rings. The van der Waals surface area contributed by atoms with Gasteiger partial charge in [0.1, 0.15) is 0 Å². The van der Waals surface area contributed by atoms with Gasteiger partial charge in [0.2, 0.25) is 0 Å². The van der Waals surface area contributed by atoms with Crippen LogP contribution in [-0.4, -0.2) is 49.2 Å². The molecular weight excluding hydrogens is 267 g/mol. The molecule has 1 unspecified atom stereocenters. The summed E-state index contributed by atoms with van der Waals surface area (Å²) in [6.45, 7) is 2.36. The Labute approximate surface area is 126 Å². The molecule has 2 aliphatic rings. The van der Waals surface area contributed by atoms with Crippen molar-refractivity contribution in [3.05, 3.63) is 23.6 Å². The highest BCUT2D eigenvalue weighted by Gasteiger charge is 2.26. The maximum atomic E-state index is 14.7. The van der Waals surface area contributed by atoms with Gasteiger partial charge in [-0.1, -0.05) is 0 Å². The fourth-order valence-corrected chi connectivity index (χ4v) is 2.94. The highest BCUT2D eigenvalue weighted by atomic mass is 19.1. The van der Waals surface area contributed by atoms with Crippen molar-refractivity contribution < 1.29 is 4.39 Å². The molecule has 1 aromatic rings. The fourth-order valence-electron chi connectivity index (χ4n) is 2.94. The second-order valence-electron chi connectivity index (χ2n) is 6.47. The molecule has 0 spiro atoms. The molecule has 1 N–H and O–H groups in total. The predicted molar refractivity (Wildman–Crippen MR) is 83.0 cm³/mol. The molecule has 1 aliphatic heterocycles. The molecule has 0 aromatic carbocycles. The standard InChI is InChI=1S/C16H25FN4/c1-20(2)14-4-3-9-21(11-14)16-15(17)12(7-8-18-16)10-19-13-5-6-13/h7-8,13-14,19H,3-6,9-11H2,1-2H3. The Kier molecular flexibility index (Phi) is 4.40. The number of halogens is 1. The number of piperidine rings is 1. The van der Waals surface area contributed by atoms with Crippen LogP contribution in [0.2, 0.25) is 0 Å². The van der Waals surface area contributed by atoms with Gasteiger partial charge in [0.15, 0.2) is 11.6 Å². The first-order valence-corrected chi connectivity index (χ1v) is 7.93. The quantitative estimate of drug-likeness (QED) is 0.899. The molecule has 116 valence electrons. The van der Waals surface area contributed by atoms with E-state index in [0.29, 0.717) is 24.4 Å². The summed E-state index contributed by atoms with van der Waals surface area (Å²) in [7, 11) is 4.18. The molecule has 0 amide bonds. The van der Waals surface area contributed by atoms with Crippen LogP contribution in [-0.2, 0) is 6.54 Å². The van der Waals surface area contributed by atoms with Gasteiger partial charge >= 0.3 is 0 Å². The molecule has 2 heterocycles. The second-order valence-corrected chi connectivity index (χ2v) is 6.47. The lowest BCUT2D eigenvalue weighted by Crippen LogP contribution is -2.45. The SMILES string of the molecule is CN(C)C1CCCN(c2nccc(CNC3CC3)c2F)C1. The van der Waals surface area contributed by atoms with Crippen LogP contribution >= 0.6 is 0 Å². The number of rotatable bonds is 5. The largest absolute Gasteiger partial charge is 0.353 e. The van der Waals surface area contributed by atoms with Crippen LogP contribution < -0.4 is 10.2 Å². The van der Waals surface area contributed by atoms with E-state index in [1.54, 1.807) is 12.3 Å². The minimum atomic E-state index is -0.148. The van der Waals surface area contributed by atoms with E-state index < -0.39 is 0 Å². The average molecular weight is 292 g/mol. The van der Waals surface area contributed by atoms with E-state index in [2.05, 4.69) is 34.2 Å². The van der Waals surface area contributed by atoms with Crippen molar-refractivity contribution >= 4 is 5.82 Å². The first-order chi connectivity index (χ1) is 10.1. The summed E-state index contributed by atoms with van der Waals surface area (Å²) in [5.74, 6) is 0.377. The molecule has 0 radical (unpaired) electrons. The van der Waals surface area contributed by atoms with Crippen LogP contribution in [0.25, 0.3) is 0 Å². The molecule has 0 bridgehead atoms. The minimum absolute atomic E-state index is 0.148. The fraction of sp³-hybridized carbons (Fsp3) is 0.688. The third-order valence-electron chi connectivity index (χ3n) is 4.54. The first-order valence-electron chi connectivity index (χ1n) is 7.93. The molecule has 1 aromatic heterocycles. The molecular formula is C16H25FN4. The van der Waals surface area contributed by atoms with Gasteiger partial charge < -0.3 is 15.1 Å². The van der Waals surface area contributed by atoms with Gasteiger partial charge in [0.25, 0.3) is 0 Å². The Morgan fingerprint density at radius 2 is 2.19 bits per heavy atom. The van der Waals surface area contributed by atoms with Crippen molar-refractivity contribution in [3.63, 3.8) is 0 Å². The van der Waals surface area contributed by atoms with E-state index in [-0.39, 0.29) is 5.82 Å². The summed E-state index contributed by atoms with van der Waals surface area (Å²) >= 11 is 0. The van der Waals surface area contributed by atoms with E-state index >= 15 is 0 Å². The van der Waals surface area contributed by atoms with E-state index in [9.17, 15) is 4.39 Å². The second kappa shape index (κ2) is 6.28. The van der Waals surface area contributed by atoms with Gasteiger partial charge in [0, 0.05) is 43.5 Å². The van der Waals surface area contributed by atoms with Crippen molar-refractivity contribution in [1.29, 1.82) is 0 Å². The summed E-state index contributed by atoms with van der Waals surface area (Å²) in [6.07, 6.45) is 6.44. The lowest BCUT2D eigenvalue weighted by Gasteiger charge is -2.37. The monoisotopic (exact) mass is 292 g/mol. The number of nitrogens with one attached hydrogen (secondary N) is 1. The Hall–Kier alpha value is -1.20. The van der Waals surface area contributed by atoms with Gasteiger partial charge in [-0.25, -0.2) is 9.37 Å². The minimum Gasteiger partial charge on any atom is -0.353 e. The number of likely N-dealkylation sites (N-methyl/N-ethyl adjacent to an activating group) is 1. The zero-order valence-corrected chi connectivity index (χ0v) is 13.0. The normalized spacial score (nSPS) is 22.9. The number of anilines is 1. The van der Waals surface area contributed by atoms with Crippen LogP contribution in [0.15, 0.2) is 12.3 Å². The van der Waals surface area contributed by atoms with Crippen molar-refractivity contribution in [2.75, 3.05) is 32.1 Å². The van der Waals surface area contributed by atoms with Crippen LogP contribution in [0.1, 0.15) is 31.2 Å². The molecule has 1 atom stereocenters. The summed E-state index contributed by atoms with van der Waals surface area (Å²) in [4.78, 5) is 8.63. The van der Waals surface area contributed by atoms with E-state index in [4.69, 9.17) is 0 Å². The van der Waals surface area contributed by atoms with Crippen LogP contribution in [0.5, 0.6) is 0 Å². The third-order valence-corrected chi connectivity index (χ3v) is 4.54. The smallest absolute Gasteiger partial charge is 0.170 e. The van der Waals surface area contributed by atoms with Crippen LogP contribution in [0.4, 0.5) is 10.2 Å². The maximum Gasteiger partial charge on any atom is 0.170 e. The van der Waals surface area contributed by atoms with E-state index in [1.807, 2.05) is 0 Å². The Balaban J connectivity index is 1.72. The zero-order chi connectivity index (χ0) is 14.8. The zero-order valence-electron chi connectivity index (χ0n) is 13.0. The molecule has 4 nitrogen and oxygen atoms in total. The summed E-state index contributed by atoms with van der Waals surface area (Å²) in [5.41, 5.74) is 0.735. The summed E-state index contributed by atoms with van der Waals surface area (Å²) in [6, 6.07) is 2.86. The predicted octanol–water partition coefficient (Wildman–Crippen LogP) is 2.00. The number of hydrogen-bond donors (Lipinski definition) is 1. The molecule has 1 saturated carbocycles. The van der Waals surface area contributed by atoms with Gasteiger partial charge in [-0.3, -0.25) is 0 Å². The van der Waals surface area contributed by atoms with Gasteiger partial charge in [-0.05, 0) is 45.8 Å². The third kappa shape index (κ3) is 3.52. The number of pyridine rings is 1. The molecule has 1 aliphatic carbocycles. The number of aromatic nitrogens is 1. The van der Waals surface area contributed by atoms with Crippen LogP contribution in [0, 0.1) is 5.82 Å². The Bertz CT molecular complexity index is 487. The number of hydrogen-bond acceptors (Lipinski definition) is 4. The van der Waals surface area contributed by atoms with Crippen molar-refractivity contribution in [2.45, 2.75) is 44.3 Å². The maximum absolute atomic E-state index is 14.7. The summed E-state index contributed by atoms with van der Waals surface area (Å²) in [5, 5.41) is 3.38.